The van der Waals surface area contributed by atoms with Crippen LogP contribution in [0.4, 0.5) is 0 Å². The molecule has 10 nitrogen and oxygen atoms in total. The van der Waals surface area contributed by atoms with E-state index in [1.807, 2.05) is 61.6 Å². The largest absolute Gasteiger partial charge is 0.468 e. The standard InChI is InChI=1S/C30H42N6O4S/c1-4-35(5-2)18-11-21-41(37,38)33-28(17-16-25-12-7-6-8-13-25)30-31-29(34(3)32-30)24-36(22-26-14-9-19-39-26)23-27-15-10-20-40-27/h6-10,12-15,19-20,28,33H,4-5,11,16-18,21-24H2,1-3H3/t28-/m1/s1. The highest BCUT2D eigenvalue weighted by molar-refractivity contribution is 7.89. The highest BCUT2D eigenvalue weighted by atomic mass is 32.2. The maximum Gasteiger partial charge on any atom is 0.212 e. The van der Waals surface area contributed by atoms with Crippen LogP contribution < -0.4 is 4.72 Å². The van der Waals surface area contributed by atoms with Crippen LogP contribution in [0.2, 0.25) is 0 Å². The zero-order valence-corrected chi connectivity index (χ0v) is 25.1. The summed E-state index contributed by atoms with van der Waals surface area (Å²) in [6, 6.07) is 17.1. The molecule has 0 radical (unpaired) electrons. The van der Waals surface area contributed by atoms with E-state index in [-0.39, 0.29) is 5.75 Å². The van der Waals surface area contributed by atoms with Crippen LogP contribution in [0.5, 0.6) is 0 Å². The molecule has 3 aromatic heterocycles. The van der Waals surface area contributed by atoms with Crippen molar-refractivity contribution in [2.24, 2.45) is 7.05 Å². The lowest BCUT2D eigenvalue weighted by Gasteiger charge is -2.19. The molecule has 0 aliphatic heterocycles. The number of rotatable bonds is 18. The summed E-state index contributed by atoms with van der Waals surface area (Å²) >= 11 is 0. The summed E-state index contributed by atoms with van der Waals surface area (Å²) in [5, 5.41) is 4.69. The molecular formula is C30H42N6O4S. The van der Waals surface area contributed by atoms with Crippen molar-refractivity contribution in [3.63, 3.8) is 0 Å². The highest BCUT2D eigenvalue weighted by Crippen LogP contribution is 2.20. The molecule has 0 amide bonds. The molecule has 1 aromatic carbocycles. The van der Waals surface area contributed by atoms with Crippen molar-refractivity contribution in [1.82, 2.24) is 29.3 Å². The Morgan fingerprint density at radius 1 is 0.902 bits per heavy atom. The number of furan rings is 2. The third-order valence-corrected chi connectivity index (χ3v) is 8.60. The van der Waals surface area contributed by atoms with Gasteiger partial charge in [0.15, 0.2) is 5.82 Å². The van der Waals surface area contributed by atoms with E-state index in [0.717, 1.165) is 42.5 Å². The summed E-state index contributed by atoms with van der Waals surface area (Å²) in [7, 11) is -1.70. The van der Waals surface area contributed by atoms with Gasteiger partial charge in [-0.1, -0.05) is 44.2 Å². The van der Waals surface area contributed by atoms with Crippen molar-refractivity contribution in [3.8, 4) is 0 Å². The minimum Gasteiger partial charge on any atom is -0.468 e. The molecule has 4 rings (SSSR count). The van der Waals surface area contributed by atoms with Gasteiger partial charge in [0.25, 0.3) is 0 Å². The first kappa shape index (κ1) is 30.7. The van der Waals surface area contributed by atoms with Gasteiger partial charge in [-0.2, -0.15) is 5.10 Å². The smallest absolute Gasteiger partial charge is 0.212 e. The Balaban J connectivity index is 1.51. The van der Waals surface area contributed by atoms with Gasteiger partial charge in [0, 0.05) is 7.05 Å². The second-order valence-corrected chi connectivity index (χ2v) is 12.1. The van der Waals surface area contributed by atoms with E-state index >= 15 is 0 Å². The zero-order chi connectivity index (χ0) is 29.1. The molecule has 0 spiro atoms. The lowest BCUT2D eigenvalue weighted by atomic mass is 10.1. The van der Waals surface area contributed by atoms with Crippen molar-refractivity contribution >= 4 is 10.0 Å². The maximum atomic E-state index is 13.2. The van der Waals surface area contributed by atoms with E-state index in [2.05, 4.69) is 33.5 Å². The summed E-state index contributed by atoms with van der Waals surface area (Å²) in [6.45, 7) is 8.33. The molecule has 4 aromatic rings. The lowest BCUT2D eigenvalue weighted by molar-refractivity contribution is 0.202. The summed E-state index contributed by atoms with van der Waals surface area (Å²) in [5.74, 6) is 2.92. The van der Waals surface area contributed by atoms with Crippen LogP contribution in [-0.2, 0) is 43.1 Å². The summed E-state index contributed by atoms with van der Waals surface area (Å²) in [4.78, 5) is 9.24. The number of hydrogen-bond donors (Lipinski definition) is 1. The molecule has 0 bridgehead atoms. The number of sulfonamides is 1. The van der Waals surface area contributed by atoms with Gasteiger partial charge in [0.05, 0.1) is 44.0 Å². The number of nitrogens with zero attached hydrogens (tertiary/aromatic N) is 5. The van der Waals surface area contributed by atoms with E-state index in [0.29, 0.717) is 44.7 Å². The van der Waals surface area contributed by atoms with Gasteiger partial charge in [-0.05, 0) is 68.7 Å². The molecule has 3 heterocycles. The second kappa shape index (κ2) is 15.1. The van der Waals surface area contributed by atoms with E-state index in [9.17, 15) is 8.42 Å². The Kier molecular flexibility index (Phi) is 11.3. The van der Waals surface area contributed by atoms with Crippen LogP contribution in [0.25, 0.3) is 0 Å². The summed E-state index contributed by atoms with van der Waals surface area (Å²) in [5.41, 5.74) is 1.14. The molecule has 0 fully saturated rings. The molecule has 222 valence electrons. The molecule has 0 saturated carbocycles. The minimum atomic E-state index is -3.54. The maximum absolute atomic E-state index is 13.2. The molecule has 11 heteroatoms. The fourth-order valence-corrected chi connectivity index (χ4v) is 6.11. The van der Waals surface area contributed by atoms with E-state index in [1.165, 1.54) is 0 Å². The first-order chi connectivity index (χ1) is 19.8. The Morgan fingerprint density at radius 2 is 1.56 bits per heavy atom. The Bertz CT molecular complexity index is 1350. The number of nitrogens with one attached hydrogen (secondary N) is 1. The average Bonchev–Trinajstić information content (AvgIpc) is 3.74. The third-order valence-electron chi connectivity index (χ3n) is 7.13. The molecule has 0 unspecified atom stereocenters. The number of benzene rings is 1. The molecule has 0 saturated heterocycles. The molecule has 0 aliphatic carbocycles. The van der Waals surface area contributed by atoms with E-state index in [1.54, 1.807) is 17.2 Å². The fourth-order valence-electron chi connectivity index (χ4n) is 4.83. The van der Waals surface area contributed by atoms with Gasteiger partial charge in [-0.3, -0.25) is 9.58 Å². The van der Waals surface area contributed by atoms with E-state index in [4.69, 9.17) is 13.8 Å². The normalized spacial score (nSPS) is 12.9. The lowest BCUT2D eigenvalue weighted by Crippen LogP contribution is -2.33. The summed E-state index contributed by atoms with van der Waals surface area (Å²) < 4.78 is 42.2. The van der Waals surface area contributed by atoms with Gasteiger partial charge in [0.2, 0.25) is 10.0 Å². The van der Waals surface area contributed by atoms with Gasteiger partial charge in [0.1, 0.15) is 17.3 Å². The fraction of sp³-hybridized carbons (Fsp3) is 0.467. The number of aryl methyl sites for hydroxylation is 2. The molecule has 1 atom stereocenters. The SMILES string of the molecule is CCN(CC)CCCS(=O)(=O)N[C@H](CCc1ccccc1)c1nc(CN(Cc2ccco2)Cc2ccco2)n(C)n1. The molecule has 1 N–H and O–H groups in total. The predicted molar refractivity (Wildman–Crippen MR) is 158 cm³/mol. The zero-order valence-electron chi connectivity index (χ0n) is 24.3. The van der Waals surface area contributed by atoms with E-state index < -0.39 is 16.1 Å². The van der Waals surface area contributed by atoms with Crippen LogP contribution in [0.1, 0.15) is 61.5 Å². The minimum absolute atomic E-state index is 0.0606. The quantitative estimate of drug-likeness (QED) is 0.182. The van der Waals surface area contributed by atoms with Gasteiger partial charge in [-0.25, -0.2) is 18.1 Å². The Hall–Kier alpha value is -3.25. The first-order valence-corrected chi connectivity index (χ1v) is 15.9. The molecular weight excluding hydrogens is 540 g/mol. The van der Waals surface area contributed by atoms with Gasteiger partial charge < -0.3 is 13.7 Å². The topological polar surface area (TPSA) is 110 Å². The van der Waals surface area contributed by atoms with Crippen molar-refractivity contribution in [2.45, 2.75) is 58.8 Å². The monoisotopic (exact) mass is 582 g/mol. The number of aromatic nitrogens is 3. The predicted octanol–water partition coefficient (Wildman–Crippen LogP) is 4.53. The van der Waals surface area contributed by atoms with Crippen molar-refractivity contribution in [1.29, 1.82) is 0 Å². The first-order valence-electron chi connectivity index (χ1n) is 14.3. The van der Waals surface area contributed by atoms with Crippen molar-refractivity contribution in [3.05, 3.63) is 95.9 Å². The average molecular weight is 583 g/mol. The summed E-state index contributed by atoms with van der Waals surface area (Å²) in [6.07, 6.45) is 5.13. The second-order valence-electron chi connectivity index (χ2n) is 10.2. The van der Waals surface area contributed by atoms with Crippen LogP contribution in [0.15, 0.2) is 76.0 Å². The third kappa shape index (κ3) is 9.67. The van der Waals surface area contributed by atoms with Crippen LogP contribution in [0, 0.1) is 0 Å². The van der Waals surface area contributed by atoms with Gasteiger partial charge in [-0.15, -0.1) is 0 Å². The Labute approximate surface area is 243 Å². The number of hydrogen-bond acceptors (Lipinski definition) is 8. The van der Waals surface area contributed by atoms with Crippen molar-refractivity contribution in [2.75, 3.05) is 25.4 Å². The van der Waals surface area contributed by atoms with Crippen LogP contribution in [-0.4, -0.2) is 58.4 Å². The van der Waals surface area contributed by atoms with Crippen molar-refractivity contribution < 1.29 is 17.3 Å². The Morgan fingerprint density at radius 3 is 2.15 bits per heavy atom. The molecule has 41 heavy (non-hydrogen) atoms. The van der Waals surface area contributed by atoms with Crippen LogP contribution >= 0.6 is 0 Å². The van der Waals surface area contributed by atoms with Crippen LogP contribution in [0.3, 0.4) is 0 Å². The molecule has 0 aliphatic rings. The van der Waals surface area contributed by atoms with Gasteiger partial charge >= 0.3 is 0 Å². The highest BCUT2D eigenvalue weighted by Gasteiger charge is 2.25.